The van der Waals surface area contributed by atoms with Crippen LogP contribution < -0.4 is 0 Å². The summed E-state index contributed by atoms with van der Waals surface area (Å²) in [5.41, 5.74) is 1.30. The molecule has 10 heteroatoms. The number of ether oxygens (including phenoxy) is 1. The summed E-state index contributed by atoms with van der Waals surface area (Å²) in [6, 6.07) is 4.64. The molecule has 0 spiro atoms. The van der Waals surface area contributed by atoms with Crippen molar-refractivity contribution in [1.29, 1.82) is 0 Å². The van der Waals surface area contributed by atoms with Gasteiger partial charge in [-0.1, -0.05) is 11.6 Å². The molecule has 0 amide bonds. The highest BCUT2D eigenvalue weighted by Gasteiger charge is 2.34. The van der Waals surface area contributed by atoms with E-state index in [-0.39, 0.29) is 18.0 Å². The van der Waals surface area contributed by atoms with Crippen LogP contribution in [0.25, 0.3) is 0 Å². The second-order valence-corrected chi connectivity index (χ2v) is 9.04. The van der Waals surface area contributed by atoms with Crippen LogP contribution in [0.1, 0.15) is 24.1 Å². The third kappa shape index (κ3) is 4.21. The van der Waals surface area contributed by atoms with Crippen molar-refractivity contribution < 1.29 is 22.3 Å². The topological polar surface area (TPSA) is 81.5 Å². The highest BCUT2D eigenvalue weighted by Crippen LogP contribution is 2.26. The number of halogens is 2. The molecule has 3 rings (SSSR count). The quantitative estimate of drug-likeness (QED) is 0.682. The Labute approximate surface area is 168 Å². The Bertz CT molecular complexity index is 975. The number of piperidine rings is 1. The van der Waals surface area contributed by atoms with Crippen molar-refractivity contribution in [1.82, 2.24) is 14.1 Å². The summed E-state index contributed by atoms with van der Waals surface area (Å²) in [4.78, 5) is 12.5. The molecule has 1 fully saturated rings. The molecule has 2 heterocycles. The van der Waals surface area contributed by atoms with Gasteiger partial charge >= 0.3 is 5.97 Å². The predicted molar refractivity (Wildman–Crippen MR) is 101 cm³/mol. The minimum atomic E-state index is -3.80. The van der Waals surface area contributed by atoms with E-state index >= 15 is 0 Å². The summed E-state index contributed by atoms with van der Waals surface area (Å²) in [5.74, 6) is -1.55. The zero-order valence-corrected chi connectivity index (χ0v) is 17.1. The Morgan fingerprint density at radius 1 is 1.36 bits per heavy atom. The zero-order valence-electron chi connectivity index (χ0n) is 15.6. The molecule has 0 radical (unpaired) electrons. The lowest BCUT2D eigenvalue weighted by molar-refractivity contribution is -0.151. The molecule has 0 saturated carbocycles. The first-order valence-corrected chi connectivity index (χ1v) is 10.6. The lowest BCUT2D eigenvalue weighted by Crippen LogP contribution is -2.42. The molecule has 0 bridgehead atoms. The van der Waals surface area contributed by atoms with Crippen molar-refractivity contribution in [3.05, 3.63) is 46.5 Å². The fraction of sp³-hybridized carbons (Fsp3) is 0.444. The van der Waals surface area contributed by atoms with E-state index in [4.69, 9.17) is 16.3 Å². The van der Waals surface area contributed by atoms with Crippen LogP contribution in [0.4, 0.5) is 4.39 Å². The molecular weight excluding hydrogens is 409 g/mol. The summed E-state index contributed by atoms with van der Waals surface area (Å²) in [5, 5.41) is 4.56. The Balaban J connectivity index is 1.67. The third-order valence-corrected chi connectivity index (χ3v) is 7.15. The van der Waals surface area contributed by atoms with Gasteiger partial charge in [0.15, 0.2) is 0 Å². The van der Waals surface area contributed by atoms with E-state index in [0.29, 0.717) is 35.8 Å². The van der Waals surface area contributed by atoms with Crippen LogP contribution in [0.5, 0.6) is 0 Å². The van der Waals surface area contributed by atoms with Gasteiger partial charge in [0.2, 0.25) is 10.0 Å². The van der Waals surface area contributed by atoms with Gasteiger partial charge in [0, 0.05) is 25.7 Å². The van der Waals surface area contributed by atoms with Gasteiger partial charge in [-0.25, -0.2) is 12.8 Å². The van der Waals surface area contributed by atoms with Gasteiger partial charge in [-0.2, -0.15) is 9.40 Å². The Morgan fingerprint density at radius 2 is 2.04 bits per heavy atom. The van der Waals surface area contributed by atoms with Crippen molar-refractivity contribution in [2.75, 3.05) is 13.1 Å². The number of hydrogen-bond acceptors (Lipinski definition) is 5. The number of esters is 1. The summed E-state index contributed by atoms with van der Waals surface area (Å²) in [7, 11) is -2.10. The number of benzene rings is 1. The molecule has 28 heavy (non-hydrogen) atoms. The molecule has 2 aromatic rings. The van der Waals surface area contributed by atoms with Crippen LogP contribution in [0.3, 0.4) is 0 Å². The van der Waals surface area contributed by atoms with E-state index in [1.54, 1.807) is 14.0 Å². The monoisotopic (exact) mass is 429 g/mol. The predicted octanol–water partition coefficient (Wildman–Crippen LogP) is 2.67. The van der Waals surface area contributed by atoms with E-state index < -0.39 is 27.7 Å². The van der Waals surface area contributed by atoms with Gasteiger partial charge in [0.25, 0.3) is 0 Å². The lowest BCUT2D eigenvalue weighted by Gasteiger charge is -2.30. The number of aromatic nitrogens is 2. The summed E-state index contributed by atoms with van der Waals surface area (Å²) >= 11 is 6.14. The molecule has 1 aromatic carbocycles. The molecular formula is C18H21ClFN3O4S. The first-order valence-electron chi connectivity index (χ1n) is 8.80. The van der Waals surface area contributed by atoms with Crippen molar-refractivity contribution in [2.24, 2.45) is 13.0 Å². The molecule has 1 aliphatic rings. The van der Waals surface area contributed by atoms with Crippen LogP contribution in [0, 0.1) is 18.7 Å². The van der Waals surface area contributed by atoms with E-state index in [9.17, 15) is 17.6 Å². The largest absolute Gasteiger partial charge is 0.460 e. The SMILES string of the molecule is Cc1nn(C)c(Cl)c1COC(=O)C1CCCN(S(=O)(=O)c2ccc(F)cc2)C1. The number of rotatable bonds is 5. The van der Waals surface area contributed by atoms with Crippen LogP contribution >= 0.6 is 11.6 Å². The maximum atomic E-state index is 13.1. The molecule has 1 aliphatic heterocycles. The molecule has 1 saturated heterocycles. The minimum absolute atomic E-state index is 0.000633. The molecule has 152 valence electrons. The Hall–Kier alpha value is -1.97. The normalized spacial score (nSPS) is 18.2. The lowest BCUT2D eigenvalue weighted by atomic mass is 10.00. The molecule has 0 N–H and O–H groups in total. The van der Waals surface area contributed by atoms with E-state index in [2.05, 4.69) is 5.10 Å². The molecule has 0 aliphatic carbocycles. The average Bonchev–Trinajstić information content (AvgIpc) is 2.92. The van der Waals surface area contributed by atoms with Gasteiger partial charge in [0.05, 0.1) is 16.5 Å². The van der Waals surface area contributed by atoms with Crippen molar-refractivity contribution in [3.63, 3.8) is 0 Å². The zero-order chi connectivity index (χ0) is 20.5. The average molecular weight is 430 g/mol. The molecule has 1 atom stereocenters. The van der Waals surface area contributed by atoms with Crippen molar-refractivity contribution in [3.8, 4) is 0 Å². The maximum absolute atomic E-state index is 13.1. The minimum Gasteiger partial charge on any atom is -0.460 e. The number of aryl methyl sites for hydroxylation is 2. The molecule has 1 unspecified atom stereocenters. The molecule has 7 nitrogen and oxygen atoms in total. The number of nitrogens with zero attached hydrogens (tertiary/aromatic N) is 3. The number of carbonyl (C=O) groups excluding carboxylic acids is 1. The second kappa shape index (κ2) is 8.18. The van der Waals surface area contributed by atoms with E-state index in [1.165, 1.54) is 21.1 Å². The summed E-state index contributed by atoms with van der Waals surface area (Å²) in [6.45, 7) is 2.08. The third-order valence-electron chi connectivity index (χ3n) is 4.80. The first kappa shape index (κ1) is 20.8. The molecule has 1 aromatic heterocycles. The van der Waals surface area contributed by atoms with Crippen LogP contribution in [0.2, 0.25) is 5.15 Å². The van der Waals surface area contributed by atoms with Crippen LogP contribution in [0.15, 0.2) is 29.2 Å². The maximum Gasteiger partial charge on any atom is 0.310 e. The van der Waals surface area contributed by atoms with Gasteiger partial charge in [0.1, 0.15) is 17.6 Å². The number of sulfonamides is 1. The number of carbonyl (C=O) groups is 1. The van der Waals surface area contributed by atoms with Crippen molar-refractivity contribution >= 4 is 27.6 Å². The smallest absolute Gasteiger partial charge is 0.310 e. The van der Waals surface area contributed by atoms with Crippen LogP contribution in [-0.2, 0) is 33.2 Å². The fourth-order valence-corrected chi connectivity index (χ4v) is 4.96. The Kier molecular flexibility index (Phi) is 6.07. The van der Waals surface area contributed by atoms with E-state index in [1.807, 2.05) is 0 Å². The van der Waals surface area contributed by atoms with Gasteiger partial charge < -0.3 is 4.74 Å². The first-order chi connectivity index (χ1) is 13.2. The highest BCUT2D eigenvalue weighted by molar-refractivity contribution is 7.89. The fourth-order valence-electron chi connectivity index (χ4n) is 3.21. The highest BCUT2D eigenvalue weighted by atomic mass is 35.5. The summed E-state index contributed by atoms with van der Waals surface area (Å²) < 4.78 is 46.7. The summed E-state index contributed by atoms with van der Waals surface area (Å²) in [6.07, 6.45) is 1.07. The van der Waals surface area contributed by atoms with Gasteiger partial charge in [-0.15, -0.1) is 0 Å². The van der Waals surface area contributed by atoms with Gasteiger partial charge in [-0.3, -0.25) is 9.48 Å². The number of hydrogen-bond donors (Lipinski definition) is 0. The Morgan fingerprint density at radius 3 is 2.64 bits per heavy atom. The van der Waals surface area contributed by atoms with Crippen molar-refractivity contribution in [2.45, 2.75) is 31.3 Å². The van der Waals surface area contributed by atoms with E-state index in [0.717, 1.165) is 12.1 Å². The van der Waals surface area contributed by atoms with Crippen LogP contribution in [-0.4, -0.2) is 41.6 Å². The standard InChI is InChI=1S/C18H21ClFN3O4S/c1-12-16(17(19)22(2)21-12)11-27-18(24)13-4-3-9-23(10-13)28(25,26)15-7-5-14(20)6-8-15/h5-8,13H,3-4,9-11H2,1-2H3. The second-order valence-electron chi connectivity index (χ2n) is 6.74. The van der Waals surface area contributed by atoms with Gasteiger partial charge in [-0.05, 0) is 44.0 Å².